The van der Waals surface area contributed by atoms with Crippen LogP contribution in [0.2, 0.25) is 0 Å². The number of hydrogen-bond acceptors (Lipinski definition) is 3. The molecule has 0 aliphatic heterocycles. The summed E-state index contributed by atoms with van der Waals surface area (Å²) in [5.74, 6) is 1.34. The van der Waals surface area contributed by atoms with Crippen LogP contribution in [0.25, 0.3) is 0 Å². The van der Waals surface area contributed by atoms with Crippen LogP contribution in [0.4, 0.5) is 0 Å². The zero-order chi connectivity index (χ0) is 13.7. The maximum Gasteiger partial charge on any atom is 0.200 e. The van der Waals surface area contributed by atoms with Gasteiger partial charge in [-0.05, 0) is 36.4 Å². The first-order chi connectivity index (χ1) is 9.19. The van der Waals surface area contributed by atoms with Crippen LogP contribution in [0.1, 0.15) is 10.4 Å². The highest BCUT2D eigenvalue weighted by molar-refractivity contribution is 9.10. The van der Waals surface area contributed by atoms with Crippen LogP contribution in [0.3, 0.4) is 0 Å². The van der Waals surface area contributed by atoms with Gasteiger partial charge in [0.1, 0.15) is 11.5 Å². The van der Waals surface area contributed by atoms with E-state index in [1.165, 1.54) is 0 Å². The molecule has 0 unspecified atom stereocenters. The van der Waals surface area contributed by atoms with Gasteiger partial charge in [0.15, 0.2) is 12.4 Å². The van der Waals surface area contributed by atoms with Gasteiger partial charge in [-0.3, -0.25) is 4.79 Å². The Morgan fingerprint density at radius 3 is 2.42 bits per heavy atom. The largest absolute Gasteiger partial charge is 0.497 e. The minimum absolute atomic E-state index is 0.0166. The molecular weight excluding hydrogens is 308 g/mol. The van der Waals surface area contributed by atoms with Gasteiger partial charge >= 0.3 is 0 Å². The standard InChI is InChI=1S/C15H13BrO3/c1-18-13-5-7-14(8-6-13)19-10-15(17)11-3-2-4-12(16)9-11/h2-9H,10H2,1H3. The lowest BCUT2D eigenvalue weighted by atomic mass is 10.1. The molecular formula is C15H13BrO3. The quantitative estimate of drug-likeness (QED) is 0.788. The van der Waals surface area contributed by atoms with E-state index in [1.54, 1.807) is 43.5 Å². The molecule has 3 nitrogen and oxygen atoms in total. The summed E-state index contributed by atoms with van der Waals surface area (Å²) in [7, 11) is 1.60. The number of hydrogen-bond donors (Lipinski definition) is 0. The highest BCUT2D eigenvalue weighted by Crippen LogP contribution is 2.17. The molecule has 0 heterocycles. The van der Waals surface area contributed by atoms with Crippen molar-refractivity contribution in [3.8, 4) is 11.5 Å². The zero-order valence-electron chi connectivity index (χ0n) is 10.4. The lowest BCUT2D eigenvalue weighted by Crippen LogP contribution is -2.11. The Labute approximate surface area is 120 Å². The third-order valence-corrected chi connectivity index (χ3v) is 3.07. The molecule has 0 amide bonds. The minimum Gasteiger partial charge on any atom is -0.497 e. The zero-order valence-corrected chi connectivity index (χ0v) is 12.0. The third kappa shape index (κ3) is 3.83. The topological polar surface area (TPSA) is 35.5 Å². The van der Waals surface area contributed by atoms with Gasteiger partial charge in [0.2, 0.25) is 0 Å². The molecule has 0 spiro atoms. The molecule has 0 N–H and O–H groups in total. The summed E-state index contributed by atoms with van der Waals surface area (Å²) in [5.41, 5.74) is 0.628. The Balaban J connectivity index is 1.96. The molecule has 0 aliphatic rings. The Morgan fingerprint density at radius 2 is 1.79 bits per heavy atom. The summed E-state index contributed by atoms with van der Waals surface area (Å²) in [6.45, 7) is 0.0166. The van der Waals surface area contributed by atoms with Crippen molar-refractivity contribution in [2.24, 2.45) is 0 Å². The van der Waals surface area contributed by atoms with Crippen LogP contribution in [0.15, 0.2) is 53.0 Å². The second kappa shape index (κ2) is 6.38. The van der Waals surface area contributed by atoms with Gasteiger partial charge < -0.3 is 9.47 Å². The number of rotatable bonds is 5. The van der Waals surface area contributed by atoms with Crippen molar-refractivity contribution in [2.45, 2.75) is 0 Å². The van der Waals surface area contributed by atoms with Crippen molar-refractivity contribution < 1.29 is 14.3 Å². The summed E-state index contributed by atoms with van der Waals surface area (Å²) in [5, 5.41) is 0. The maximum atomic E-state index is 11.9. The fourth-order valence-electron chi connectivity index (χ4n) is 1.57. The molecule has 0 bridgehead atoms. The number of carbonyl (C=O) groups excluding carboxylic acids is 1. The fourth-order valence-corrected chi connectivity index (χ4v) is 1.97. The summed E-state index contributed by atoms with van der Waals surface area (Å²) < 4.78 is 11.4. The van der Waals surface area contributed by atoms with E-state index in [4.69, 9.17) is 9.47 Å². The van der Waals surface area contributed by atoms with Crippen molar-refractivity contribution in [1.82, 2.24) is 0 Å². The molecule has 0 aromatic heterocycles. The van der Waals surface area contributed by atoms with Crippen LogP contribution in [0, 0.1) is 0 Å². The Hall–Kier alpha value is -1.81. The first-order valence-electron chi connectivity index (χ1n) is 5.74. The molecule has 0 radical (unpaired) electrons. The predicted octanol–water partition coefficient (Wildman–Crippen LogP) is 3.72. The smallest absolute Gasteiger partial charge is 0.200 e. The molecule has 19 heavy (non-hydrogen) atoms. The van der Waals surface area contributed by atoms with Gasteiger partial charge in [-0.25, -0.2) is 0 Å². The molecule has 2 aromatic carbocycles. The van der Waals surface area contributed by atoms with Crippen molar-refractivity contribution >= 4 is 21.7 Å². The molecule has 2 aromatic rings. The van der Waals surface area contributed by atoms with E-state index in [-0.39, 0.29) is 12.4 Å². The van der Waals surface area contributed by atoms with E-state index in [0.717, 1.165) is 10.2 Å². The molecule has 0 fully saturated rings. The summed E-state index contributed by atoms with van der Waals surface area (Å²) in [6, 6.07) is 14.4. The van der Waals surface area contributed by atoms with Gasteiger partial charge in [-0.1, -0.05) is 28.1 Å². The van der Waals surface area contributed by atoms with Crippen molar-refractivity contribution in [3.05, 3.63) is 58.6 Å². The fraction of sp³-hybridized carbons (Fsp3) is 0.133. The lowest BCUT2D eigenvalue weighted by molar-refractivity contribution is 0.0921. The van der Waals surface area contributed by atoms with Gasteiger partial charge in [0.25, 0.3) is 0 Å². The predicted molar refractivity (Wildman–Crippen MR) is 77.0 cm³/mol. The first-order valence-corrected chi connectivity index (χ1v) is 6.54. The van der Waals surface area contributed by atoms with Crippen LogP contribution in [-0.2, 0) is 0 Å². The first kappa shape index (κ1) is 13.6. The van der Waals surface area contributed by atoms with Crippen LogP contribution in [0.5, 0.6) is 11.5 Å². The summed E-state index contributed by atoms with van der Waals surface area (Å²) in [6.07, 6.45) is 0. The molecule has 0 atom stereocenters. The molecule has 0 saturated carbocycles. The van der Waals surface area contributed by atoms with Gasteiger partial charge in [0.05, 0.1) is 7.11 Å². The van der Waals surface area contributed by atoms with Crippen LogP contribution < -0.4 is 9.47 Å². The number of benzene rings is 2. The SMILES string of the molecule is COc1ccc(OCC(=O)c2cccc(Br)c2)cc1. The van der Waals surface area contributed by atoms with Crippen molar-refractivity contribution in [2.75, 3.05) is 13.7 Å². The number of carbonyl (C=O) groups is 1. The number of Topliss-reactive ketones (excluding diaryl/α,β-unsaturated/α-hetero) is 1. The second-order valence-electron chi connectivity index (χ2n) is 3.90. The summed E-state index contributed by atoms with van der Waals surface area (Å²) in [4.78, 5) is 11.9. The van der Waals surface area contributed by atoms with E-state index < -0.39 is 0 Å². The number of halogens is 1. The third-order valence-electron chi connectivity index (χ3n) is 2.58. The van der Waals surface area contributed by atoms with E-state index >= 15 is 0 Å². The van der Waals surface area contributed by atoms with Gasteiger partial charge in [0, 0.05) is 10.0 Å². The Kier molecular flexibility index (Phi) is 4.58. The molecule has 0 aliphatic carbocycles. The van der Waals surface area contributed by atoms with Crippen molar-refractivity contribution in [3.63, 3.8) is 0 Å². The molecule has 98 valence electrons. The highest BCUT2D eigenvalue weighted by atomic mass is 79.9. The number of ketones is 1. The second-order valence-corrected chi connectivity index (χ2v) is 4.81. The van der Waals surface area contributed by atoms with E-state index in [9.17, 15) is 4.79 Å². The number of methoxy groups -OCH3 is 1. The van der Waals surface area contributed by atoms with E-state index in [2.05, 4.69) is 15.9 Å². The summed E-state index contributed by atoms with van der Waals surface area (Å²) >= 11 is 3.34. The minimum atomic E-state index is -0.0582. The Bertz CT molecular complexity index is 564. The van der Waals surface area contributed by atoms with Gasteiger partial charge in [-0.2, -0.15) is 0 Å². The molecule has 4 heteroatoms. The van der Waals surface area contributed by atoms with Crippen LogP contribution >= 0.6 is 15.9 Å². The lowest BCUT2D eigenvalue weighted by Gasteiger charge is -2.06. The highest BCUT2D eigenvalue weighted by Gasteiger charge is 2.07. The monoisotopic (exact) mass is 320 g/mol. The molecule has 0 saturated heterocycles. The average molecular weight is 321 g/mol. The normalized spacial score (nSPS) is 10.0. The Morgan fingerprint density at radius 1 is 1.11 bits per heavy atom. The number of ether oxygens (including phenoxy) is 2. The van der Waals surface area contributed by atoms with Gasteiger partial charge in [-0.15, -0.1) is 0 Å². The average Bonchev–Trinajstić information content (AvgIpc) is 2.45. The van der Waals surface area contributed by atoms with Crippen molar-refractivity contribution in [1.29, 1.82) is 0 Å². The van der Waals surface area contributed by atoms with E-state index in [1.807, 2.05) is 12.1 Å². The van der Waals surface area contributed by atoms with E-state index in [0.29, 0.717) is 11.3 Å². The maximum absolute atomic E-state index is 11.9. The van der Waals surface area contributed by atoms with Crippen LogP contribution in [-0.4, -0.2) is 19.5 Å². The molecule has 2 rings (SSSR count).